The van der Waals surface area contributed by atoms with E-state index in [0.717, 1.165) is 12.8 Å². The number of nitrogen functional groups attached to an aromatic ring is 1. The third-order valence-electron chi connectivity index (χ3n) is 2.64. The normalized spacial score (nSPS) is 10.5. The molecule has 0 bridgehead atoms. The fraction of sp³-hybridized carbons (Fsp3) is 0.533. The number of benzene rings is 1. The van der Waals surface area contributed by atoms with Gasteiger partial charge in [-0.3, -0.25) is 0 Å². The molecule has 0 aromatic heterocycles. The second kappa shape index (κ2) is 7.67. The van der Waals surface area contributed by atoms with Crippen molar-refractivity contribution < 1.29 is 14.3 Å². The molecule has 0 aliphatic heterocycles. The first-order valence-electron chi connectivity index (χ1n) is 6.74. The molecule has 4 nitrogen and oxygen atoms in total. The van der Waals surface area contributed by atoms with Crippen molar-refractivity contribution in [2.24, 2.45) is 5.92 Å². The average molecular weight is 265 g/mol. The number of esters is 1. The molecule has 0 saturated heterocycles. The van der Waals surface area contributed by atoms with Crippen LogP contribution in [0.1, 0.15) is 44.0 Å². The van der Waals surface area contributed by atoms with Crippen molar-refractivity contribution in [1.29, 1.82) is 0 Å². The third kappa shape index (κ3) is 5.20. The highest BCUT2D eigenvalue weighted by molar-refractivity contribution is 5.90. The molecule has 0 heterocycles. The number of anilines is 1. The molecular weight excluding hydrogens is 242 g/mol. The van der Waals surface area contributed by atoms with Gasteiger partial charge in [0.2, 0.25) is 0 Å². The van der Waals surface area contributed by atoms with Gasteiger partial charge in [0, 0.05) is 0 Å². The molecule has 0 aliphatic carbocycles. The number of hydrogen-bond donors (Lipinski definition) is 1. The average Bonchev–Trinajstić information content (AvgIpc) is 2.37. The van der Waals surface area contributed by atoms with E-state index in [9.17, 15) is 4.79 Å². The monoisotopic (exact) mass is 265 g/mol. The summed E-state index contributed by atoms with van der Waals surface area (Å²) in [6.45, 7) is 7.23. The molecule has 0 unspecified atom stereocenters. The second-order valence-corrected chi connectivity index (χ2v) is 4.92. The van der Waals surface area contributed by atoms with E-state index in [-0.39, 0.29) is 5.97 Å². The van der Waals surface area contributed by atoms with Crippen molar-refractivity contribution >= 4 is 11.7 Å². The lowest BCUT2D eigenvalue weighted by atomic mass is 10.1. The molecule has 0 amide bonds. The van der Waals surface area contributed by atoms with Crippen molar-refractivity contribution in [3.05, 3.63) is 23.8 Å². The van der Waals surface area contributed by atoms with Crippen molar-refractivity contribution in [1.82, 2.24) is 0 Å². The van der Waals surface area contributed by atoms with Gasteiger partial charge in [0.25, 0.3) is 0 Å². The highest BCUT2D eigenvalue weighted by Crippen LogP contribution is 2.23. The number of carbonyl (C=O) groups is 1. The molecule has 0 fully saturated rings. The third-order valence-corrected chi connectivity index (χ3v) is 2.64. The van der Waals surface area contributed by atoms with E-state index in [1.165, 1.54) is 0 Å². The molecule has 0 radical (unpaired) electrons. The minimum atomic E-state index is -0.337. The van der Waals surface area contributed by atoms with Crippen molar-refractivity contribution in [2.45, 2.75) is 33.6 Å². The van der Waals surface area contributed by atoms with Crippen LogP contribution in [-0.4, -0.2) is 19.2 Å². The number of carbonyl (C=O) groups excluding carboxylic acids is 1. The predicted molar refractivity (Wildman–Crippen MR) is 76.4 cm³/mol. The topological polar surface area (TPSA) is 61.5 Å². The Hall–Kier alpha value is -1.71. The van der Waals surface area contributed by atoms with Crippen LogP contribution in [0.3, 0.4) is 0 Å². The van der Waals surface area contributed by atoms with Crippen LogP contribution in [0.15, 0.2) is 18.2 Å². The van der Waals surface area contributed by atoms with E-state index >= 15 is 0 Å². The van der Waals surface area contributed by atoms with Crippen molar-refractivity contribution in [3.8, 4) is 5.75 Å². The van der Waals surface area contributed by atoms with Gasteiger partial charge in [-0.05, 0) is 37.0 Å². The molecule has 0 atom stereocenters. The van der Waals surface area contributed by atoms with Crippen LogP contribution >= 0.6 is 0 Å². The Bertz CT molecular complexity index is 416. The largest absolute Gasteiger partial charge is 0.491 e. The molecule has 0 saturated carbocycles. The van der Waals surface area contributed by atoms with Crippen LogP contribution in [-0.2, 0) is 4.74 Å². The van der Waals surface area contributed by atoms with Gasteiger partial charge in [-0.15, -0.1) is 0 Å². The standard InChI is InChI=1S/C15H23NO3/c1-4-8-19-15(17)12-5-6-13(16)14(10-12)18-9-7-11(2)3/h5-6,10-11H,4,7-9,16H2,1-3H3. The Morgan fingerprint density at radius 2 is 2.05 bits per heavy atom. The lowest BCUT2D eigenvalue weighted by molar-refractivity contribution is 0.0504. The summed E-state index contributed by atoms with van der Waals surface area (Å²) >= 11 is 0. The summed E-state index contributed by atoms with van der Waals surface area (Å²) in [6.07, 6.45) is 1.75. The van der Waals surface area contributed by atoms with Crippen LogP contribution in [0.2, 0.25) is 0 Å². The van der Waals surface area contributed by atoms with E-state index in [2.05, 4.69) is 13.8 Å². The molecule has 2 N–H and O–H groups in total. The molecule has 106 valence electrons. The fourth-order valence-electron chi connectivity index (χ4n) is 1.47. The molecule has 19 heavy (non-hydrogen) atoms. The number of nitrogens with two attached hydrogens (primary N) is 1. The molecule has 1 aromatic rings. The molecule has 1 rings (SSSR count). The lowest BCUT2D eigenvalue weighted by Gasteiger charge is -2.11. The Morgan fingerprint density at radius 3 is 2.68 bits per heavy atom. The zero-order valence-corrected chi connectivity index (χ0v) is 11.9. The van der Waals surface area contributed by atoms with Gasteiger partial charge < -0.3 is 15.2 Å². The van der Waals surface area contributed by atoms with Gasteiger partial charge in [-0.1, -0.05) is 20.8 Å². The first-order chi connectivity index (χ1) is 9.04. The van der Waals surface area contributed by atoms with Crippen LogP contribution < -0.4 is 10.5 Å². The zero-order chi connectivity index (χ0) is 14.3. The van der Waals surface area contributed by atoms with Gasteiger partial charge in [0.15, 0.2) is 0 Å². The smallest absolute Gasteiger partial charge is 0.338 e. The first kappa shape index (κ1) is 15.3. The Balaban J connectivity index is 2.68. The first-order valence-corrected chi connectivity index (χ1v) is 6.74. The van der Waals surface area contributed by atoms with Crippen molar-refractivity contribution in [3.63, 3.8) is 0 Å². The minimum Gasteiger partial charge on any atom is -0.491 e. The maximum atomic E-state index is 11.7. The molecule has 0 aliphatic rings. The Morgan fingerprint density at radius 1 is 1.32 bits per heavy atom. The van der Waals surface area contributed by atoms with Crippen LogP contribution in [0.25, 0.3) is 0 Å². The lowest BCUT2D eigenvalue weighted by Crippen LogP contribution is -2.08. The number of ether oxygens (including phenoxy) is 2. The molecule has 4 heteroatoms. The van der Waals surface area contributed by atoms with Gasteiger partial charge in [-0.2, -0.15) is 0 Å². The Kier molecular flexibility index (Phi) is 6.19. The quantitative estimate of drug-likeness (QED) is 0.607. The van der Waals surface area contributed by atoms with Crippen LogP contribution in [0.5, 0.6) is 5.75 Å². The summed E-state index contributed by atoms with van der Waals surface area (Å²) < 4.78 is 10.7. The SMILES string of the molecule is CCCOC(=O)c1ccc(N)c(OCCC(C)C)c1. The highest BCUT2D eigenvalue weighted by Gasteiger charge is 2.10. The van der Waals surface area contributed by atoms with Crippen molar-refractivity contribution in [2.75, 3.05) is 18.9 Å². The molecular formula is C15H23NO3. The van der Waals surface area contributed by atoms with E-state index in [0.29, 0.717) is 36.1 Å². The summed E-state index contributed by atoms with van der Waals surface area (Å²) in [7, 11) is 0. The van der Waals surface area contributed by atoms with Gasteiger partial charge in [0.1, 0.15) is 5.75 Å². The molecule has 1 aromatic carbocycles. The summed E-state index contributed by atoms with van der Waals surface area (Å²) in [5.41, 5.74) is 6.84. The second-order valence-electron chi connectivity index (χ2n) is 4.92. The summed E-state index contributed by atoms with van der Waals surface area (Å²) in [6, 6.07) is 4.98. The summed E-state index contributed by atoms with van der Waals surface area (Å²) in [4.78, 5) is 11.7. The number of hydrogen-bond acceptors (Lipinski definition) is 4. The van der Waals surface area contributed by atoms with Crippen LogP contribution in [0.4, 0.5) is 5.69 Å². The van der Waals surface area contributed by atoms with Gasteiger partial charge >= 0.3 is 5.97 Å². The van der Waals surface area contributed by atoms with E-state index < -0.39 is 0 Å². The maximum absolute atomic E-state index is 11.7. The highest BCUT2D eigenvalue weighted by atomic mass is 16.5. The maximum Gasteiger partial charge on any atom is 0.338 e. The molecule has 0 spiro atoms. The van der Waals surface area contributed by atoms with E-state index in [4.69, 9.17) is 15.2 Å². The minimum absolute atomic E-state index is 0.337. The van der Waals surface area contributed by atoms with Gasteiger partial charge in [-0.25, -0.2) is 4.79 Å². The van der Waals surface area contributed by atoms with Crippen LogP contribution in [0, 0.1) is 5.92 Å². The summed E-state index contributed by atoms with van der Waals surface area (Å²) in [5, 5.41) is 0. The van der Waals surface area contributed by atoms with E-state index in [1.807, 2.05) is 6.92 Å². The summed E-state index contributed by atoms with van der Waals surface area (Å²) in [5.74, 6) is 0.779. The fourth-order valence-corrected chi connectivity index (χ4v) is 1.47. The van der Waals surface area contributed by atoms with E-state index in [1.54, 1.807) is 18.2 Å². The Labute approximate surface area is 114 Å². The predicted octanol–water partition coefficient (Wildman–Crippen LogP) is 3.26. The van der Waals surface area contributed by atoms with Gasteiger partial charge in [0.05, 0.1) is 24.5 Å². The zero-order valence-electron chi connectivity index (χ0n) is 11.9. The number of rotatable bonds is 7.